The Morgan fingerprint density at radius 1 is 1.00 bits per heavy atom. The normalized spacial score (nSPS) is 10.1. The average molecular weight is 362 g/mol. The lowest BCUT2D eigenvalue weighted by Crippen LogP contribution is -2.34. The third kappa shape index (κ3) is 4.68. The Morgan fingerprint density at radius 3 is 2.45 bits per heavy atom. The van der Waals surface area contributed by atoms with E-state index in [1.165, 1.54) is 0 Å². The highest BCUT2D eigenvalue weighted by Gasteiger charge is 2.13. The molecule has 0 aliphatic heterocycles. The van der Waals surface area contributed by atoms with Crippen molar-refractivity contribution in [2.75, 3.05) is 5.32 Å². The van der Waals surface area contributed by atoms with Gasteiger partial charge in [-0.3, -0.25) is 9.59 Å². The van der Waals surface area contributed by atoms with Crippen molar-refractivity contribution in [3.05, 3.63) is 64.1 Å². The molecule has 0 heterocycles. The van der Waals surface area contributed by atoms with Crippen molar-refractivity contribution in [2.45, 2.75) is 13.1 Å². The predicted octanol–water partition coefficient (Wildman–Crippen LogP) is 2.16. The number of amides is 2. The highest BCUT2D eigenvalue weighted by molar-refractivity contribution is 9.10. The molecule has 2 aromatic carbocycles. The van der Waals surface area contributed by atoms with E-state index < -0.39 is 11.8 Å². The highest BCUT2D eigenvalue weighted by Crippen LogP contribution is 2.15. The molecule has 0 aliphatic rings. The van der Waals surface area contributed by atoms with Crippen LogP contribution in [0, 0.1) is 0 Å². The van der Waals surface area contributed by atoms with E-state index in [4.69, 9.17) is 5.73 Å². The van der Waals surface area contributed by atoms with E-state index in [2.05, 4.69) is 26.6 Å². The van der Waals surface area contributed by atoms with Crippen LogP contribution in [-0.4, -0.2) is 11.8 Å². The Labute approximate surface area is 137 Å². The van der Waals surface area contributed by atoms with Gasteiger partial charge in [0.2, 0.25) is 0 Å². The van der Waals surface area contributed by atoms with E-state index in [-0.39, 0.29) is 6.54 Å². The minimum Gasteiger partial charge on any atom is -0.344 e. The van der Waals surface area contributed by atoms with Crippen molar-refractivity contribution < 1.29 is 9.59 Å². The Kier molecular flexibility index (Phi) is 5.68. The van der Waals surface area contributed by atoms with E-state index in [0.29, 0.717) is 12.2 Å². The number of anilines is 1. The molecule has 0 unspecified atom stereocenters. The zero-order chi connectivity index (χ0) is 15.9. The molecule has 0 saturated carbocycles. The van der Waals surface area contributed by atoms with E-state index in [1.807, 2.05) is 30.3 Å². The Hall–Kier alpha value is -2.18. The molecule has 0 saturated heterocycles. The largest absolute Gasteiger partial charge is 0.344 e. The summed E-state index contributed by atoms with van der Waals surface area (Å²) in [5.41, 5.74) is 7.99. The van der Waals surface area contributed by atoms with Gasteiger partial charge in [-0.25, -0.2) is 0 Å². The van der Waals surface area contributed by atoms with Crippen LogP contribution >= 0.6 is 15.9 Å². The molecule has 0 aromatic heterocycles. The fourth-order valence-corrected chi connectivity index (χ4v) is 2.28. The van der Waals surface area contributed by atoms with Crippen LogP contribution in [-0.2, 0) is 22.7 Å². The molecule has 0 radical (unpaired) electrons. The summed E-state index contributed by atoms with van der Waals surface area (Å²) >= 11 is 3.30. The number of benzene rings is 2. The zero-order valence-electron chi connectivity index (χ0n) is 11.8. The number of hydrogen-bond donors (Lipinski definition) is 3. The van der Waals surface area contributed by atoms with E-state index in [9.17, 15) is 9.59 Å². The molecule has 0 bridgehead atoms. The molecule has 2 amide bonds. The van der Waals surface area contributed by atoms with Crippen molar-refractivity contribution in [1.29, 1.82) is 0 Å². The van der Waals surface area contributed by atoms with Crippen LogP contribution in [0.3, 0.4) is 0 Å². The van der Waals surface area contributed by atoms with Crippen LogP contribution < -0.4 is 16.4 Å². The lowest BCUT2D eigenvalue weighted by molar-refractivity contribution is -0.136. The number of nitrogens with one attached hydrogen (secondary N) is 2. The van der Waals surface area contributed by atoms with Gasteiger partial charge in [0.15, 0.2) is 0 Å². The first-order chi connectivity index (χ1) is 10.6. The van der Waals surface area contributed by atoms with Crippen LogP contribution in [0.25, 0.3) is 0 Å². The van der Waals surface area contributed by atoms with Gasteiger partial charge in [0.25, 0.3) is 0 Å². The number of halogens is 1. The first kappa shape index (κ1) is 16.2. The van der Waals surface area contributed by atoms with Gasteiger partial charge in [-0.1, -0.05) is 46.3 Å². The smallest absolute Gasteiger partial charge is 0.313 e. The summed E-state index contributed by atoms with van der Waals surface area (Å²) in [5.74, 6) is -1.38. The van der Waals surface area contributed by atoms with Gasteiger partial charge in [0, 0.05) is 23.2 Å². The zero-order valence-corrected chi connectivity index (χ0v) is 13.4. The van der Waals surface area contributed by atoms with Gasteiger partial charge >= 0.3 is 11.8 Å². The van der Waals surface area contributed by atoms with E-state index in [1.54, 1.807) is 18.2 Å². The molecule has 0 fully saturated rings. The fourth-order valence-electron chi connectivity index (χ4n) is 1.88. The van der Waals surface area contributed by atoms with Crippen LogP contribution in [0.4, 0.5) is 5.69 Å². The Morgan fingerprint density at radius 2 is 1.73 bits per heavy atom. The maximum atomic E-state index is 11.8. The van der Waals surface area contributed by atoms with Crippen LogP contribution in [0.5, 0.6) is 0 Å². The van der Waals surface area contributed by atoms with Gasteiger partial charge in [-0.05, 0) is 29.3 Å². The molecule has 4 N–H and O–H groups in total. The molecular weight excluding hydrogens is 346 g/mol. The number of hydrogen-bond acceptors (Lipinski definition) is 3. The maximum Gasteiger partial charge on any atom is 0.313 e. The Bertz CT molecular complexity index is 689. The second-order valence-electron chi connectivity index (χ2n) is 4.67. The minimum atomic E-state index is -0.701. The number of carbonyl (C=O) groups is 2. The van der Waals surface area contributed by atoms with Crippen LogP contribution in [0.2, 0.25) is 0 Å². The van der Waals surface area contributed by atoms with Crippen LogP contribution in [0.1, 0.15) is 11.1 Å². The van der Waals surface area contributed by atoms with Crippen molar-refractivity contribution >= 4 is 33.4 Å². The molecule has 0 spiro atoms. The second-order valence-corrected chi connectivity index (χ2v) is 5.59. The lowest BCUT2D eigenvalue weighted by atomic mass is 10.1. The third-order valence-electron chi connectivity index (χ3n) is 2.97. The summed E-state index contributed by atoms with van der Waals surface area (Å²) in [5, 5.41) is 5.12. The van der Waals surface area contributed by atoms with Crippen LogP contribution in [0.15, 0.2) is 53.0 Å². The van der Waals surface area contributed by atoms with Crippen molar-refractivity contribution in [3.8, 4) is 0 Å². The summed E-state index contributed by atoms with van der Waals surface area (Å²) in [6.07, 6.45) is 0. The quantitative estimate of drug-likeness (QED) is 0.729. The lowest BCUT2D eigenvalue weighted by Gasteiger charge is -2.08. The monoisotopic (exact) mass is 361 g/mol. The fraction of sp³-hybridized carbons (Fsp3) is 0.125. The summed E-state index contributed by atoms with van der Waals surface area (Å²) in [6, 6.07) is 14.6. The molecule has 0 aliphatic carbocycles. The molecule has 22 heavy (non-hydrogen) atoms. The van der Waals surface area contributed by atoms with Gasteiger partial charge in [-0.15, -0.1) is 0 Å². The first-order valence-electron chi connectivity index (χ1n) is 6.71. The van der Waals surface area contributed by atoms with Gasteiger partial charge in [0.1, 0.15) is 0 Å². The van der Waals surface area contributed by atoms with Gasteiger partial charge in [0.05, 0.1) is 0 Å². The van der Waals surface area contributed by atoms with Crippen molar-refractivity contribution in [3.63, 3.8) is 0 Å². The molecular formula is C16H16BrN3O2. The standard InChI is InChI=1S/C16H16BrN3O2/c17-13-5-2-6-14(8-13)20-16(22)15(21)19-10-12-4-1-3-11(7-12)9-18/h1-8H,9-10,18H2,(H,19,21)(H,20,22). The minimum absolute atomic E-state index is 0.276. The third-order valence-corrected chi connectivity index (χ3v) is 3.46. The number of carbonyl (C=O) groups excluding carboxylic acids is 2. The topological polar surface area (TPSA) is 84.2 Å². The number of nitrogens with two attached hydrogens (primary N) is 1. The maximum absolute atomic E-state index is 11.8. The van der Waals surface area contributed by atoms with E-state index >= 15 is 0 Å². The second kappa shape index (κ2) is 7.72. The Balaban J connectivity index is 1.90. The van der Waals surface area contributed by atoms with Gasteiger partial charge in [-0.2, -0.15) is 0 Å². The summed E-state index contributed by atoms with van der Waals surface area (Å²) < 4.78 is 0.823. The summed E-state index contributed by atoms with van der Waals surface area (Å²) in [4.78, 5) is 23.6. The summed E-state index contributed by atoms with van der Waals surface area (Å²) in [6.45, 7) is 0.712. The van der Waals surface area contributed by atoms with Crippen molar-refractivity contribution in [1.82, 2.24) is 5.32 Å². The molecule has 2 rings (SSSR count). The average Bonchev–Trinajstić information content (AvgIpc) is 2.52. The SMILES string of the molecule is NCc1cccc(CNC(=O)C(=O)Nc2cccc(Br)c2)c1. The van der Waals surface area contributed by atoms with Crippen molar-refractivity contribution in [2.24, 2.45) is 5.73 Å². The molecule has 5 nitrogen and oxygen atoms in total. The summed E-state index contributed by atoms with van der Waals surface area (Å²) in [7, 11) is 0. The molecule has 0 atom stereocenters. The first-order valence-corrected chi connectivity index (χ1v) is 7.50. The number of rotatable bonds is 4. The van der Waals surface area contributed by atoms with Gasteiger partial charge < -0.3 is 16.4 Å². The van der Waals surface area contributed by atoms with E-state index in [0.717, 1.165) is 15.6 Å². The molecule has 2 aromatic rings. The molecule has 6 heteroatoms. The predicted molar refractivity (Wildman–Crippen MR) is 89.0 cm³/mol. The highest BCUT2D eigenvalue weighted by atomic mass is 79.9. The molecule has 114 valence electrons.